The van der Waals surface area contributed by atoms with Crippen molar-refractivity contribution in [2.45, 2.75) is 4.90 Å². The minimum Gasteiger partial charge on any atom is -0.263 e. The molecule has 0 amide bonds. The molecule has 0 unspecified atom stereocenters. The number of benzene rings is 1. The largest absolute Gasteiger partial charge is 0.263 e. The third-order valence-electron chi connectivity index (χ3n) is 1.63. The van der Waals surface area contributed by atoms with Gasteiger partial charge < -0.3 is 0 Å². The Morgan fingerprint density at radius 3 is 2.77 bits per heavy atom. The summed E-state index contributed by atoms with van der Waals surface area (Å²) in [6.07, 6.45) is 0. The van der Waals surface area contributed by atoms with Crippen molar-refractivity contribution in [3.05, 3.63) is 30.3 Å². The first-order valence-corrected chi connectivity index (χ1v) is 4.03. The molecule has 0 aliphatic rings. The predicted molar refractivity (Wildman–Crippen MR) is 57.6 cm³/mol. The fourth-order valence-corrected chi connectivity index (χ4v) is 1.28. The van der Waals surface area contributed by atoms with Crippen LogP contribution in [0, 0.1) is 11.3 Å². The van der Waals surface area contributed by atoms with Crippen LogP contribution in [0.1, 0.15) is 5.56 Å². The molecule has 3 heteroatoms. The van der Waals surface area contributed by atoms with E-state index < -0.39 is 0 Å². The van der Waals surface area contributed by atoms with Gasteiger partial charge in [-0.15, -0.1) is 12.6 Å². The third-order valence-corrected chi connectivity index (χ3v) is 1.99. The normalized spacial score (nSPS) is 8.92. The highest BCUT2D eigenvalue weighted by atomic mass is 32.1. The summed E-state index contributed by atoms with van der Waals surface area (Å²) in [4.78, 5) is 4.50. The Kier molecular flexibility index (Phi) is 2.88. The van der Waals surface area contributed by atoms with E-state index in [1.807, 2.05) is 6.07 Å². The van der Waals surface area contributed by atoms with Crippen molar-refractivity contribution in [2.75, 3.05) is 0 Å². The number of nitriles is 1. The molecule has 0 spiro atoms. The SMILES string of the molecule is C=Nc1c(S)cccc1C(=C)C#N. The number of hydrogen-bond donors (Lipinski definition) is 1. The van der Waals surface area contributed by atoms with Gasteiger partial charge in [-0.25, -0.2) is 0 Å². The topological polar surface area (TPSA) is 36.1 Å². The van der Waals surface area contributed by atoms with Gasteiger partial charge in [-0.1, -0.05) is 18.7 Å². The first kappa shape index (κ1) is 9.56. The van der Waals surface area contributed by atoms with Crippen molar-refractivity contribution in [2.24, 2.45) is 4.99 Å². The highest BCUT2D eigenvalue weighted by Crippen LogP contribution is 2.30. The Balaban J connectivity index is 3.38. The quantitative estimate of drug-likeness (QED) is 0.432. The Morgan fingerprint density at radius 1 is 1.54 bits per heavy atom. The van der Waals surface area contributed by atoms with E-state index in [9.17, 15) is 0 Å². The summed E-state index contributed by atoms with van der Waals surface area (Å²) in [6.45, 7) is 7.03. The minimum absolute atomic E-state index is 0.373. The van der Waals surface area contributed by atoms with Gasteiger partial charge in [0.05, 0.1) is 17.3 Å². The van der Waals surface area contributed by atoms with E-state index in [0.29, 0.717) is 21.7 Å². The smallest absolute Gasteiger partial charge is 0.0992 e. The fourth-order valence-electron chi connectivity index (χ4n) is 1.00. The molecule has 1 aromatic rings. The fraction of sp³-hybridized carbons (Fsp3) is 0. The molecule has 64 valence electrons. The zero-order valence-corrected chi connectivity index (χ0v) is 7.88. The highest BCUT2D eigenvalue weighted by molar-refractivity contribution is 7.80. The van der Waals surface area contributed by atoms with Gasteiger partial charge in [0.2, 0.25) is 0 Å². The summed E-state index contributed by atoms with van der Waals surface area (Å²) >= 11 is 4.20. The van der Waals surface area contributed by atoms with Crippen LogP contribution in [0.25, 0.3) is 5.57 Å². The maximum atomic E-state index is 8.66. The predicted octanol–water partition coefficient (Wildman–Crippen LogP) is 2.84. The van der Waals surface area contributed by atoms with Crippen LogP contribution in [-0.2, 0) is 0 Å². The van der Waals surface area contributed by atoms with E-state index in [-0.39, 0.29) is 0 Å². The molecule has 0 bridgehead atoms. The Labute approximate surface area is 82.6 Å². The minimum atomic E-state index is 0.373. The lowest BCUT2D eigenvalue weighted by atomic mass is 10.1. The molecule has 0 atom stereocenters. The van der Waals surface area contributed by atoms with E-state index in [2.05, 4.69) is 30.9 Å². The van der Waals surface area contributed by atoms with E-state index in [1.165, 1.54) is 0 Å². The molecular formula is C10H8N2S. The summed E-state index contributed by atoms with van der Waals surface area (Å²) in [6, 6.07) is 7.33. The Morgan fingerprint density at radius 2 is 2.23 bits per heavy atom. The second-order valence-electron chi connectivity index (χ2n) is 2.42. The van der Waals surface area contributed by atoms with Crippen LogP contribution >= 0.6 is 12.6 Å². The third kappa shape index (κ3) is 1.79. The molecule has 13 heavy (non-hydrogen) atoms. The van der Waals surface area contributed by atoms with Gasteiger partial charge in [0, 0.05) is 10.5 Å². The lowest BCUT2D eigenvalue weighted by Crippen LogP contribution is -1.81. The van der Waals surface area contributed by atoms with Gasteiger partial charge in [-0.3, -0.25) is 4.99 Å². The van der Waals surface area contributed by atoms with Crippen molar-refractivity contribution in [3.63, 3.8) is 0 Å². The standard InChI is InChI=1S/C10H8N2S/c1-7(6-11)8-4-3-5-9(13)10(8)12-2/h3-5,13H,1-2H2. The molecular weight excluding hydrogens is 180 g/mol. The van der Waals surface area contributed by atoms with E-state index >= 15 is 0 Å². The molecule has 1 rings (SSSR count). The van der Waals surface area contributed by atoms with E-state index in [0.717, 1.165) is 0 Å². The lowest BCUT2D eigenvalue weighted by molar-refractivity contribution is 1.37. The number of allylic oxidation sites excluding steroid dienone is 1. The summed E-state index contributed by atoms with van der Waals surface area (Å²) in [5, 5.41) is 8.66. The molecule has 0 aromatic heterocycles. The molecule has 0 saturated carbocycles. The molecule has 0 aliphatic heterocycles. The van der Waals surface area contributed by atoms with Crippen molar-refractivity contribution >= 4 is 30.6 Å². The number of nitrogens with zero attached hydrogens (tertiary/aromatic N) is 2. The van der Waals surface area contributed by atoms with Crippen LogP contribution in [0.2, 0.25) is 0 Å². The lowest BCUT2D eigenvalue weighted by Gasteiger charge is -2.04. The van der Waals surface area contributed by atoms with Gasteiger partial charge in [0.1, 0.15) is 0 Å². The van der Waals surface area contributed by atoms with Gasteiger partial charge in [0.15, 0.2) is 0 Å². The highest BCUT2D eigenvalue weighted by Gasteiger charge is 2.06. The number of aliphatic imine (C=N–C) groups is 1. The summed E-state index contributed by atoms with van der Waals surface area (Å²) < 4.78 is 0. The number of hydrogen-bond acceptors (Lipinski definition) is 3. The first-order chi connectivity index (χ1) is 6.20. The molecule has 0 radical (unpaired) electrons. The van der Waals surface area contributed by atoms with Gasteiger partial charge in [0.25, 0.3) is 0 Å². The second-order valence-corrected chi connectivity index (χ2v) is 2.90. The summed E-state index contributed by atoms with van der Waals surface area (Å²) in [7, 11) is 0. The average Bonchev–Trinajstić information content (AvgIpc) is 2.16. The number of thiol groups is 1. The summed E-state index contributed by atoms with van der Waals surface area (Å²) in [5.41, 5.74) is 1.67. The maximum absolute atomic E-state index is 8.66. The molecule has 2 nitrogen and oxygen atoms in total. The number of para-hydroxylation sites is 1. The van der Waals surface area contributed by atoms with Crippen LogP contribution < -0.4 is 0 Å². The van der Waals surface area contributed by atoms with Crippen LogP contribution in [0.4, 0.5) is 5.69 Å². The molecule has 0 fully saturated rings. The van der Waals surface area contributed by atoms with E-state index in [4.69, 9.17) is 5.26 Å². The maximum Gasteiger partial charge on any atom is 0.0992 e. The van der Waals surface area contributed by atoms with Crippen molar-refractivity contribution in [3.8, 4) is 6.07 Å². The van der Waals surface area contributed by atoms with Gasteiger partial charge in [-0.05, 0) is 12.8 Å². The van der Waals surface area contributed by atoms with Crippen molar-refractivity contribution in [1.82, 2.24) is 0 Å². The molecule has 0 saturated heterocycles. The van der Waals surface area contributed by atoms with Gasteiger partial charge in [-0.2, -0.15) is 5.26 Å². The monoisotopic (exact) mass is 188 g/mol. The zero-order valence-electron chi connectivity index (χ0n) is 6.99. The second kappa shape index (κ2) is 3.92. The molecule has 0 heterocycles. The van der Waals surface area contributed by atoms with Crippen LogP contribution in [0.5, 0.6) is 0 Å². The van der Waals surface area contributed by atoms with Gasteiger partial charge >= 0.3 is 0 Å². The van der Waals surface area contributed by atoms with E-state index in [1.54, 1.807) is 18.2 Å². The Hall–Kier alpha value is -1.53. The van der Waals surface area contributed by atoms with Crippen molar-refractivity contribution < 1.29 is 0 Å². The first-order valence-electron chi connectivity index (χ1n) is 3.58. The molecule has 1 aromatic carbocycles. The summed E-state index contributed by atoms with van der Waals surface area (Å²) in [5.74, 6) is 0. The molecule has 0 aliphatic carbocycles. The van der Waals surface area contributed by atoms with Crippen molar-refractivity contribution in [1.29, 1.82) is 5.26 Å². The number of rotatable bonds is 2. The van der Waals surface area contributed by atoms with Crippen LogP contribution in [0.15, 0.2) is 34.7 Å². The Bertz CT molecular complexity index is 402. The average molecular weight is 188 g/mol. The molecule has 0 N–H and O–H groups in total. The van der Waals surface area contributed by atoms with Crippen LogP contribution in [-0.4, -0.2) is 6.72 Å². The van der Waals surface area contributed by atoms with Crippen LogP contribution in [0.3, 0.4) is 0 Å². The zero-order chi connectivity index (χ0) is 9.84.